The largest absolute Gasteiger partial charge is 0.465 e. The molecule has 2 N–H and O–H groups in total. The lowest BCUT2D eigenvalue weighted by Crippen LogP contribution is -3.08. The molecule has 2 rings (SSSR count). The molecule has 1 amide bonds. The molecule has 0 fully saturated rings. The third kappa shape index (κ3) is 5.82. The van der Waals surface area contributed by atoms with Gasteiger partial charge in [-0.1, -0.05) is 18.2 Å². The Bertz CT molecular complexity index is 849. The molecule has 1 unspecified atom stereocenters. The molecule has 150 valence electrons. The van der Waals surface area contributed by atoms with Gasteiger partial charge in [0.15, 0.2) is 6.54 Å². The van der Waals surface area contributed by atoms with Crippen LogP contribution in [0.2, 0.25) is 0 Å². The molecule has 0 aliphatic heterocycles. The zero-order valence-electron chi connectivity index (χ0n) is 15.8. The smallest absolute Gasteiger partial charge is 0.416 e. The van der Waals surface area contributed by atoms with Crippen molar-refractivity contribution in [2.24, 2.45) is 0 Å². The molecule has 1 atom stereocenters. The van der Waals surface area contributed by atoms with Crippen LogP contribution in [0.1, 0.15) is 27.0 Å². The third-order valence-corrected chi connectivity index (χ3v) is 4.18. The number of methoxy groups -OCH3 is 1. The van der Waals surface area contributed by atoms with Crippen LogP contribution in [-0.4, -0.2) is 32.6 Å². The Hall–Kier alpha value is -2.87. The third-order valence-electron chi connectivity index (χ3n) is 4.18. The van der Waals surface area contributed by atoms with E-state index in [9.17, 15) is 22.8 Å². The first-order valence-corrected chi connectivity index (χ1v) is 8.56. The Morgan fingerprint density at radius 3 is 2.32 bits per heavy atom. The van der Waals surface area contributed by atoms with E-state index in [2.05, 4.69) is 10.1 Å². The normalized spacial score (nSPS) is 12.4. The number of carbonyl (C=O) groups excluding carboxylic acids is 2. The van der Waals surface area contributed by atoms with Gasteiger partial charge in [0.2, 0.25) is 0 Å². The van der Waals surface area contributed by atoms with Crippen LogP contribution in [0, 0.1) is 6.92 Å². The molecule has 0 aliphatic rings. The Balaban J connectivity index is 1.97. The molecule has 2 aromatic carbocycles. The van der Waals surface area contributed by atoms with Crippen molar-refractivity contribution in [3.05, 3.63) is 64.7 Å². The van der Waals surface area contributed by atoms with Crippen LogP contribution in [0.5, 0.6) is 0 Å². The Labute approximate surface area is 161 Å². The van der Waals surface area contributed by atoms with E-state index in [0.29, 0.717) is 23.4 Å². The molecule has 0 saturated heterocycles. The summed E-state index contributed by atoms with van der Waals surface area (Å²) in [7, 11) is 3.05. The van der Waals surface area contributed by atoms with Gasteiger partial charge < -0.3 is 15.0 Å². The summed E-state index contributed by atoms with van der Waals surface area (Å²) in [4.78, 5) is 24.7. The number of quaternary nitrogens is 1. The van der Waals surface area contributed by atoms with Gasteiger partial charge in [-0.2, -0.15) is 13.2 Å². The van der Waals surface area contributed by atoms with Crippen molar-refractivity contribution >= 4 is 17.6 Å². The number of alkyl halides is 3. The zero-order chi connectivity index (χ0) is 20.9. The summed E-state index contributed by atoms with van der Waals surface area (Å²) in [6, 6.07) is 9.75. The van der Waals surface area contributed by atoms with Gasteiger partial charge in [-0.05, 0) is 36.8 Å². The first-order valence-electron chi connectivity index (χ1n) is 8.56. The van der Waals surface area contributed by atoms with Crippen molar-refractivity contribution in [2.45, 2.75) is 19.6 Å². The minimum Gasteiger partial charge on any atom is -0.465 e. The van der Waals surface area contributed by atoms with Crippen LogP contribution in [0.25, 0.3) is 0 Å². The van der Waals surface area contributed by atoms with Gasteiger partial charge >= 0.3 is 12.1 Å². The predicted octanol–water partition coefficient (Wildman–Crippen LogP) is 2.45. The van der Waals surface area contributed by atoms with Crippen LogP contribution in [0.3, 0.4) is 0 Å². The van der Waals surface area contributed by atoms with Crippen molar-refractivity contribution in [2.75, 3.05) is 26.0 Å². The highest BCUT2D eigenvalue weighted by Crippen LogP contribution is 2.28. The van der Waals surface area contributed by atoms with Gasteiger partial charge in [0.05, 0.1) is 25.3 Å². The topological polar surface area (TPSA) is 59.8 Å². The van der Waals surface area contributed by atoms with Gasteiger partial charge in [-0.25, -0.2) is 4.79 Å². The number of carbonyl (C=O) groups is 2. The fraction of sp³-hybridized carbons (Fsp3) is 0.300. The van der Waals surface area contributed by atoms with Crippen molar-refractivity contribution < 1.29 is 32.4 Å². The van der Waals surface area contributed by atoms with Crippen LogP contribution in [0.15, 0.2) is 42.5 Å². The van der Waals surface area contributed by atoms with E-state index < -0.39 is 17.7 Å². The standard InChI is InChI=1S/C20H21F3N2O3/c1-13-4-7-15(19(27)28-3)10-17(13)24-18(26)12-25(2)11-14-5-8-16(9-6-14)20(21,22)23/h4-10H,11-12H2,1-3H3,(H,24,26)/p+1. The number of halogens is 3. The Morgan fingerprint density at radius 2 is 1.75 bits per heavy atom. The molecule has 2 aromatic rings. The number of anilines is 1. The first-order chi connectivity index (χ1) is 13.1. The Morgan fingerprint density at radius 1 is 1.11 bits per heavy atom. The number of nitrogens with one attached hydrogen (secondary N) is 2. The maximum absolute atomic E-state index is 12.6. The minimum atomic E-state index is -4.37. The van der Waals surface area contributed by atoms with Crippen molar-refractivity contribution in [1.82, 2.24) is 0 Å². The highest BCUT2D eigenvalue weighted by atomic mass is 19.4. The highest BCUT2D eigenvalue weighted by Gasteiger charge is 2.30. The average Bonchev–Trinajstić information content (AvgIpc) is 2.62. The summed E-state index contributed by atoms with van der Waals surface area (Å²) in [5.74, 6) is -0.768. The molecule has 0 bridgehead atoms. The molecule has 8 heteroatoms. The van der Waals surface area contributed by atoms with E-state index in [1.165, 1.54) is 19.2 Å². The summed E-state index contributed by atoms with van der Waals surface area (Å²) in [6.45, 7) is 2.31. The van der Waals surface area contributed by atoms with Crippen LogP contribution >= 0.6 is 0 Å². The summed E-state index contributed by atoms with van der Waals surface area (Å²) in [6.07, 6.45) is -4.37. The fourth-order valence-electron chi connectivity index (χ4n) is 2.69. The van der Waals surface area contributed by atoms with E-state index in [-0.39, 0.29) is 12.5 Å². The van der Waals surface area contributed by atoms with Gasteiger partial charge in [-0.3, -0.25) is 4.79 Å². The number of ether oxygens (including phenoxy) is 1. The van der Waals surface area contributed by atoms with E-state index >= 15 is 0 Å². The summed E-state index contributed by atoms with van der Waals surface area (Å²) in [5.41, 5.74) is 1.63. The second-order valence-electron chi connectivity index (χ2n) is 6.57. The molecule has 5 nitrogen and oxygen atoms in total. The van der Waals surface area contributed by atoms with Gasteiger partial charge in [0.1, 0.15) is 6.54 Å². The quantitative estimate of drug-likeness (QED) is 0.739. The number of benzene rings is 2. The van der Waals surface area contributed by atoms with E-state index in [0.717, 1.165) is 22.6 Å². The number of aryl methyl sites for hydroxylation is 1. The average molecular weight is 395 g/mol. The van der Waals surface area contributed by atoms with Crippen molar-refractivity contribution in [1.29, 1.82) is 0 Å². The van der Waals surface area contributed by atoms with Crippen LogP contribution in [0.4, 0.5) is 18.9 Å². The maximum Gasteiger partial charge on any atom is 0.416 e. The second kappa shape index (κ2) is 8.88. The predicted molar refractivity (Wildman–Crippen MR) is 98.0 cm³/mol. The first kappa shape index (κ1) is 21.4. The van der Waals surface area contributed by atoms with Gasteiger partial charge in [0, 0.05) is 11.3 Å². The second-order valence-corrected chi connectivity index (χ2v) is 6.57. The monoisotopic (exact) mass is 395 g/mol. The molecular weight excluding hydrogens is 373 g/mol. The lowest BCUT2D eigenvalue weighted by molar-refractivity contribution is -0.885. The van der Waals surface area contributed by atoms with Crippen LogP contribution < -0.4 is 10.2 Å². The van der Waals surface area contributed by atoms with Crippen molar-refractivity contribution in [3.63, 3.8) is 0 Å². The molecule has 0 radical (unpaired) electrons. The molecule has 0 spiro atoms. The highest BCUT2D eigenvalue weighted by molar-refractivity contribution is 5.95. The summed E-state index contributed by atoms with van der Waals surface area (Å²) < 4.78 is 42.5. The number of amides is 1. The lowest BCUT2D eigenvalue weighted by Gasteiger charge is -2.15. The maximum atomic E-state index is 12.6. The number of hydrogen-bond donors (Lipinski definition) is 2. The number of rotatable bonds is 6. The number of esters is 1. The Kier molecular flexibility index (Phi) is 6.80. The van der Waals surface area contributed by atoms with Crippen molar-refractivity contribution in [3.8, 4) is 0 Å². The minimum absolute atomic E-state index is 0.114. The SMILES string of the molecule is COC(=O)c1ccc(C)c(NC(=O)C[NH+](C)Cc2ccc(C(F)(F)F)cc2)c1. The summed E-state index contributed by atoms with van der Waals surface area (Å²) in [5, 5.41) is 2.76. The molecule has 0 heterocycles. The molecule has 28 heavy (non-hydrogen) atoms. The number of hydrogen-bond acceptors (Lipinski definition) is 3. The zero-order valence-corrected chi connectivity index (χ0v) is 15.8. The van der Waals surface area contributed by atoms with E-state index in [1.54, 1.807) is 32.2 Å². The number of likely N-dealkylation sites (N-methyl/N-ethyl adjacent to an activating group) is 1. The van der Waals surface area contributed by atoms with Crippen LogP contribution in [-0.2, 0) is 22.3 Å². The lowest BCUT2D eigenvalue weighted by atomic mass is 10.1. The molecule has 0 saturated carbocycles. The van der Waals surface area contributed by atoms with E-state index in [1.807, 2.05) is 0 Å². The fourth-order valence-corrected chi connectivity index (χ4v) is 2.69. The summed E-state index contributed by atoms with van der Waals surface area (Å²) >= 11 is 0. The molecule has 0 aromatic heterocycles. The van der Waals surface area contributed by atoms with E-state index in [4.69, 9.17) is 0 Å². The molecular formula is C20H22F3N2O3+. The molecule has 0 aliphatic carbocycles. The van der Waals surface area contributed by atoms with Gasteiger partial charge in [0.25, 0.3) is 5.91 Å². The van der Waals surface area contributed by atoms with Gasteiger partial charge in [-0.15, -0.1) is 0 Å².